The molecule has 2 atom stereocenters. The molecule has 2 aliphatic heterocycles. The maximum atomic E-state index is 12.7. The lowest BCUT2D eigenvalue weighted by Crippen LogP contribution is -2.50. The molecule has 2 saturated heterocycles. The van der Waals surface area contributed by atoms with Crippen LogP contribution >= 0.6 is 11.3 Å². The van der Waals surface area contributed by atoms with Crippen molar-refractivity contribution in [1.82, 2.24) is 10.2 Å². The number of nitrogens with two attached hydrogens (primary N) is 1. The van der Waals surface area contributed by atoms with E-state index in [2.05, 4.69) is 17.3 Å². The normalized spacial score (nSPS) is 23.0. The number of piperidine rings is 1. The Morgan fingerprint density at radius 3 is 2.52 bits per heavy atom. The van der Waals surface area contributed by atoms with E-state index in [1.165, 1.54) is 12.8 Å². The average molecular weight is 415 g/mol. The van der Waals surface area contributed by atoms with Crippen molar-refractivity contribution in [2.24, 2.45) is 0 Å². The van der Waals surface area contributed by atoms with Crippen LogP contribution in [0.2, 0.25) is 0 Å². The van der Waals surface area contributed by atoms with Gasteiger partial charge in [-0.2, -0.15) is 11.3 Å². The average Bonchev–Trinajstić information content (AvgIpc) is 3.29. The van der Waals surface area contributed by atoms with Gasteiger partial charge in [0.05, 0.1) is 0 Å². The maximum Gasteiger partial charge on any atom is 0.290 e. The third-order valence-corrected chi connectivity index (χ3v) is 6.52. The number of thiophene rings is 1. The Kier molecular flexibility index (Phi) is 6.66. The molecule has 1 aromatic carbocycles. The highest BCUT2D eigenvalue weighted by Gasteiger charge is 2.39. The predicted molar refractivity (Wildman–Crippen MR) is 115 cm³/mol. The molecular formula is C21H26N4O3S. The van der Waals surface area contributed by atoms with Gasteiger partial charge in [-0.05, 0) is 72.8 Å². The summed E-state index contributed by atoms with van der Waals surface area (Å²) in [6.07, 6.45) is 4.36. The number of fused-ring (bicyclic) bond motifs is 2. The molecule has 29 heavy (non-hydrogen) atoms. The number of nitrogen functional groups attached to an aromatic ring is 1. The van der Waals surface area contributed by atoms with E-state index in [9.17, 15) is 4.79 Å². The van der Waals surface area contributed by atoms with E-state index in [1.54, 1.807) is 17.4 Å². The Morgan fingerprint density at radius 2 is 1.93 bits per heavy atom. The number of nitrogens with one attached hydrogen (secondary N) is 2. The van der Waals surface area contributed by atoms with Gasteiger partial charge < -0.3 is 21.1 Å². The fraction of sp³-hybridized carbons (Fsp3) is 0.381. The second-order valence-corrected chi connectivity index (χ2v) is 8.27. The van der Waals surface area contributed by atoms with Gasteiger partial charge >= 0.3 is 0 Å². The van der Waals surface area contributed by atoms with Gasteiger partial charge in [0.15, 0.2) is 0 Å². The minimum Gasteiger partial charge on any atom is -0.483 e. The summed E-state index contributed by atoms with van der Waals surface area (Å²) >= 11 is 1.62. The van der Waals surface area contributed by atoms with E-state index in [0.717, 1.165) is 24.0 Å². The van der Waals surface area contributed by atoms with Gasteiger partial charge in [-0.3, -0.25) is 15.0 Å². The zero-order valence-corrected chi connectivity index (χ0v) is 17.1. The molecule has 0 aliphatic carbocycles. The van der Waals surface area contributed by atoms with E-state index in [0.29, 0.717) is 23.3 Å². The van der Waals surface area contributed by atoms with Crippen LogP contribution < -0.4 is 11.1 Å². The summed E-state index contributed by atoms with van der Waals surface area (Å²) < 4.78 is 0. The summed E-state index contributed by atoms with van der Waals surface area (Å²) in [6, 6.07) is 8.84. The lowest BCUT2D eigenvalue weighted by Gasteiger charge is -2.36. The minimum atomic E-state index is -0.326. The Hall–Kier alpha value is -2.71. The van der Waals surface area contributed by atoms with Crippen molar-refractivity contribution in [1.29, 1.82) is 5.41 Å². The fourth-order valence-electron chi connectivity index (χ4n) is 4.29. The van der Waals surface area contributed by atoms with Gasteiger partial charge in [0, 0.05) is 29.4 Å². The second-order valence-electron chi connectivity index (χ2n) is 7.49. The number of carboxylic acid groups (broad SMARTS) is 1. The molecule has 1 amide bonds. The summed E-state index contributed by atoms with van der Waals surface area (Å²) in [5.74, 6) is -0.326. The Morgan fingerprint density at radius 1 is 1.28 bits per heavy atom. The smallest absolute Gasteiger partial charge is 0.290 e. The van der Waals surface area contributed by atoms with Gasteiger partial charge in [-0.1, -0.05) is 6.07 Å². The van der Waals surface area contributed by atoms with Crippen molar-refractivity contribution < 1.29 is 14.7 Å². The van der Waals surface area contributed by atoms with E-state index >= 15 is 0 Å². The first kappa shape index (κ1) is 21.0. The zero-order chi connectivity index (χ0) is 21.0. The van der Waals surface area contributed by atoms with Crippen molar-refractivity contribution in [3.05, 3.63) is 40.6 Å². The van der Waals surface area contributed by atoms with Crippen LogP contribution in [0.15, 0.2) is 35.0 Å². The molecule has 2 aromatic rings. The van der Waals surface area contributed by atoms with Crippen LogP contribution in [0, 0.1) is 5.41 Å². The number of carbonyl (C=O) groups excluding carboxylic acids is 1. The molecule has 3 heterocycles. The number of rotatable bonds is 4. The summed E-state index contributed by atoms with van der Waals surface area (Å²) in [5, 5.41) is 22.4. The van der Waals surface area contributed by atoms with Crippen LogP contribution in [-0.2, 0) is 9.59 Å². The van der Waals surface area contributed by atoms with Crippen molar-refractivity contribution in [2.75, 3.05) is 12.8 Å². The number of hydrogen-bond acceptors (Lipinski definition) is 6. The molecule has 8 heteroatoms. The molecule has 2 fully saturated rings. The van der Waals surface area contributed by atoms with Crippen molar-refractivity contribution >= 4 is 35.1 Å². The fourth-order valence-corrected chi connectivity index (χ4v) is 4.96. The highest BCUT2D eigenvalue weighted by molar-refractivity contribution is 7.08. The van der Waals surface area contributed by atoms with E-state index in [1.807, 2.05) is 29.0 Å². The number of amides is 1. The summed E-state index contributed by atoms with van der Waals surface area (Å²) in [4.78, 5) is 23.5. The quantitative estimate of drug-likeness (QED) is 0.348. The maximum absolute atomic E-state index is 12.7. The van der Waals surface area contributed by atoms with Crippen LogP contribution in [0.25, 0.3) is 11.1 Å². The summed E-state index contributed by atoms with van der Waals surface area (Å²) in [6.45, 7) is -0.250. The number of nitrogens with zero attached hydrogens (tertiary/aromatic N) is 1. The monoisotopic (exact) mass is 414 g/mol. The van der Waals surface area contributed by atoms with Crippen LogP contribution in [0.1, 0.15) is 31.2 Å². The minimum absolute atomic E-state index is 0.0501. The van der Waals surface area contributed by atoms with E-state index in [-0.39, 0.29) is 24.1 Å². The van der Waals surface area contributed by atoms with Gasteiger partial charge in [0.1, 0.15) is 5.71 Å². The molecule has 0 spiro atoms. The second kappa shape index (κ2) is 9.19. The van der Waals surface area contributed by atoms with Crippen molar-refractivity contribution in [2.45, 2.75) is 43.8 Å². The molecule has 4 rings (SSSR count). The first-order valence-corrected chi connectivity index (χ1v) is 10.5. The predicted octanol–water partition coefficient (Wildman–Crippen LogP) is 2.81. The SMILES string of the molecule is CN1C2CCC1CC(NC(=O)C(=N)c1cc(-c3ccsc3)ccc1N)C2.O=CO. The molecule has 2 bridgehead atoms. The lowest BCUT2D eigenvalue weighted by molar-refractivity contribution is -0.123. The molecule has 7 nitrogen and oxygen atoms in total. The van der Waals surface area contributed by atoms with Gasteiger partial charge in [0.2, 0.25) is 0 Å². The largest absolute Gasteiger partial charge is 0.483 e. The summed E-state index contributed by atoms with van der Waals surface area (Å²) in [7, 11) is 2.18. The number of benzene rings is 1. The first-order valence-electron chi connectivity index (χ1n) is 9.56. The van der Waals surface area contributed by atoms with E-state index in [4.69, 9.17) is 21.0 Å². The molecular weight excluding hydrogens is 388 g/mol. The number of hydrogen-bond donors (Lipinski definition) is 4. The Labute approximate surface area is 174 Å². The lowest BCUT2D eigenvalue weighted by atomic mass is 9.96. The van der Waals surface area contributed by atoms with Crippen LogP contribution in [-0.4, -0.2) is 53.3 Å². The molecule has 5 N–H and O–H groups in total. The van der Waals surface area contributed by atoms with Gasteiger partial charge in [-0.25, -0.2) is 0 Å². The summed E-state index contributed by atoms with van der Waals surface area (Å²) in [5.41, 5.74) is 9.04. The molecule has 0 saturated carbocycles. The number of anilines is 1. The first-order chi connectivity index (χ1) is 13.9. The molecule has 0 radical (unpaired) electrons. The Bertz CT molecular complexity index is 870. The highest BCUT2D eigenvalue weighted by atomic mass is 32.1. The molecule has 2 unspecified atom stereocenters. The zero-order valence-electron chi connectivity index (χ0n) is 16.3. The standard InChI is InChI=1S/C20H24N4OS.CH2O2/c1-24-15-3-4-16(24)10-14(9-15)23-20(25)19(22)17-8-12(2-5-18(17)21)13-6-7-26-11-13;2-1-3/h2,5-8,11,14-16,22H,3-4,9-10,21H2,1H3,(H,23,25);1H,(H,2,3). The topological polar surface area (TPSA) is 120 Å². The van der Waals surface area contributed by atoms with Gasteiger partial charge in [0.25, 0.3) is 12.4 Å². The van der Waals surface area contributed by atoms with Crippen LogP contribution in [0.5, 0.6) is 0 Å². The van der Waals surface area contributed by atoms with Crippen molar-refractivity contribution in [3.8, 4) is 11.1 Å². The molecule has 1 aromatic heterocycles. The third kappa shape index (κ3) is 4.65. The van der Waals surface area contributed by atoms with Gasteiger partial charge in [-0.15, -0.1) is 0 Å². The van der Waals surface area contributed by atoms with Crippen molar-refractivity contribution in [3.63, 3.8) is 0 Å². The molecule has 154 valence electrons. The van der Waals surface area contributed by atoms with Crippen LogP contribution in [0.3, 0.4) is 0 Å². The van der Waals surface area contributed by atoms with E-state index < -0.39 is 0 Å². The third-order valence-electron chi connectivity index (χ3n) is 5.84. The highest BCUT2D eigenvalue weighted by Crippen LogP contribution is 2.34. The molecule has 2 aliphatic rings. The number of carbonyl (C=O) groups is 2. The Balaban J connectivity index is 0.000000755. The van der Waals surface area contributed by atoms with Crippen LogP contribution in [0.4, 0.5) is 5.69 Å².